The molecule has 0 radical (unpaired) electrons. The molecule has 6 bridgehead atoms. The molecule has 4 N–H and O–H groups in total. The molecule has 12 nitrogen and oxygen atoms in total. The van der Waals surface area contributed by atoms with Crippen LogP contribution in [0.15, 0.2) is 36.5 Å². The number of aliphatic hydroxyl groups excluding tert-OH is 2. The van der Waals surface area contributed by atoms with Crippen molar-refractivity contribution in [3.63, 3.8) is 0 Å². The molecule has 4 aliphatic rings. The number of cyclic esters (lactones) is 1. The number of ether oxygens (including phenoxy) is 6. The van der Waals surface area contributed by atoms with E-state index in [9.17, 15) is 30.0 Å². The first kappa shape index (κ1) is 46.0. The van der Waals surface area contributed by atoms with Crippen LogP contribution in [0.25, 0.3) is 0 Å². The Bertz CT molecular complexity index is 1240. The van der Waals surface area contributed by atoms with Crippen LogP contribution in [0.2, 0.25) is 0 Å². The second kappa shape index (κ2) is 18.9. The van der Waals surface area contributed by atoms with Crippen molar-refractivity contribution in [2.75, 3.05) is 7.11 Å². The number of aliphatic hydroxyl groups is 4. The number of carbonyl (C=O) groups is 2. The normalized spacial score (nSPS) is 39.2. The fourth-order valence-electron chi connectivity index (χ4n) is 7.53. The fourth-order valence-corrected chi connectivity index (χ4v) is 7.53. The maximum absolute atomic E-state index is 13.1. The van der Waals surface area contributed by atoms with Crippen LogP contribution in [0.4, 0.5) is 0 Å². The Kier molecular flexibility index (Phi) is 16.7. The van der Waals surface area contributed by atoms with Crippen LogP contribution in [0, 0.1) is 10.8 Å². The Labute approximate surface area is 311 Å². The van der Waals surface area contributed by atoms with E-state index in [0.29, 0.717) is 24.8 Å². The first-order valence-electron chi connectivity index (χ1n) is 18.9. The molecule has 4 aliphatic heterocycles. The molecule has 4 heterocycles. The van der Waals surface area contributed by atoms with E-state index in [-0.39, 0.29) is 32.1 Å². The zero-order valence-electron chi connectivity index (χ0n) is 33.5. The Morgan fingerprint density at radius 1 is 0.942 bits per heavy atom. The number of fused-ring (bicyclic) bond motifs is 6. The van der Waals surface area contributed by atoms with Crippen molar-refractivity contribution in [2.45, 2.75) is 187 Å². The van der Waals surface area contributed by atoms with Crippen molar-refractivity contribution in [1.82, 2.24) is 0 Å². The minimum Gasteiger partial charge on any atom is -0.459 e. The van der Waals surface area contributed by atoms with Crippen molar-refractivity contribution in [3.05, 3.63) is 36.5 Å². The highest BCUT2D eigenvalue weighted by Crippen LogP contribution is 2.49. The van der Waals surface area contributed by atoms with Crippen LogP contribution >= 0.6 is 0 Å². The number of hydrogen-bond donors (Lipinski definition) is 4. The van der Waals surface area contributed by atoms with E-state index in [2.05, 4.69) is 13.2 Å². The van der Waals surface area contributed by atoms with Gasteiger partial charge in [0.2, 0.25) is 5.79 Å². The van der Waals surface area contributed by atoms with Crippen LogP contribution in [0.3, 0.4) is 0 Å². The van der Waals surface area contributed by atoms with Crippen molar-refractivity contribution in [2.24, 2.45) is 10.8 Å². The molecule has 0 amide bonds. The highest BCUT2D eigenvalue weighted by atomic mass is 16.7. The van der Waals surface area contributed by atoms with Crippen LogP contribution in [0.1, 0.15) is 121 Å². The third-order valence-electron chi connectivity index (χ3n) is 10.6. The predicted octanol–water partition coefficient (Wildman–Crippen LogP) is 5.44. The van der Waals surface area contributed by atoms with E-state index >= 15 is 0 Å². The van der Waals surface area contributed by atoms with Crippen molar-refractivity contribution in [1.29, 1.82) is 0 Å². The molecule has 0 aromatic heterocycles. The van der Waals surface area contributed by atoms with Gasteiger partial charge in [-0.05, 0) is 31.8 Å². The summed E-state index contributed by atoms with van der Waals surface area (Å²) in [6.45, 7) is 26.2. The van der Waals surface area contributed by atoms with Gasteiger partial charge in [0.1, 0.15) is 6.10 Å². The fraction of sp³-hybridized carbons (Fsp3) is 0.800. The van der Waals surface area contributed by atoms with E-state index in [4.69, 9.17) is 28.4 Å². The highest BCUT2D eigenvalue weighted by molar-refractivity contribution is 5.70. The summed E-state index contributed by atoms with van der Waals surface area (Å²) in [5.74, 6) is -5.20. The Balaban J connectivity index is 0.00000226. The van der Waals surface area contributed by atoms with Gasteiger partial charge in [0.05, 0.1) is 49.1 Å². The number of carbonyl (C=O) groups excluding carboxylic acids is 2. The number of esters is 2. The monoisotopic (exact) mass is 740 g/mol. The lowest BCUT2D eigenvalue weighted by Crippen LogP contribution is -2.62. The summed E-state index contributed by atoms with van der Waals surface area (Å²) >= 11 is 0. The Morgan fingerprint density at radius 3 is 2.15 bits per heavy atom. The van der Waals surface area contributed by atoms with Gasteiger partial charge >= 0.3 is 11.9 Å². The third kappa shape index (κ3) is 10.7. The van der Waals surface area contributed by atoms with Gasteiger partial charge in [-0.15, -0.1) is 0 Å². The molecule has 0 aromatic rings. The van der Waals surface area contributed by atoms with Crippen LogP contribution in [-0.4, -0.2) is 106 Å². The molecule has 12 heteroatoms. The lowest BCUT2D eigenvalue weighted by Gasteiger charge is -2.54. The standard InChI is InChI=1S/C36H56O12.2C2H6/c1-20-12-25-10-11-33(5,6)36(42)32(44-23(4)38)21(2)14-26(48-36)17-29(22(3)37)46-31(40)16-24(39)15-27-18-30(43-9)34(7,8)35(41,47-27)19-28(13-20)45-25;2*1-2/h10-11,22,24-30,32,37,39,41-42H,1-2,12-19H2,3-9H3;2*1-2H3/b11-10+;;. The molecule has 0 aromatic carbocycles. The molecule has 11 atom stereocenters. The molecule has 11 unspecified atom stereocenters. The maximum atomic E-state index is 13.1. The van der Waals surface area contributed by atoms with Crippen molar-refractivity contribution < 1.29 is 58.4 Å². The van der Waals surface area contributed by atoms with Gasteiger partial charge in [-0.2, -0.15) is 0 Å². The van der Waals surface area contributed by atoms with Crippen LogP contribution in [-0.2, 0) is 38.0 Å². The smallest absolute Gasteiger partial charge is 0.308 e. The molecule has 0 aliphatic carbocycles. The Hall–Kier alpha value is -2.16. The summed E-state index contributed by atoms with van der Waals surface area (Å²) in [4.78, 5) is 25.2. The van der Waals surface area contributed by atoms with Gasteiger partial charge in [-0.3, -0.25) is 9.59 Å². The average Bonchev–Trinajstić information content (AvgIpc) is 3.04. The highest BCUT2D eigenvalue weighted by Gasteiger charge is 2.58. The molecule has 3 saturated heterocycles. The first-order chi connectivity index (χ1) is 24.2. The minimum atomic E-state index is -2.11. The zero-order chi connectivity index (χ0) is 39.8. The quantitative estimate of drug-likeness (QED) is 0.214. The van der Waals surface area contributed by atoms with E-state index in [1.807, 2.05) is 47.6 Å². The van der Waals surface area contributed by atoms with Crippen LogP contribution < -0.4 is 0 Å². The summed E-state index contributed by atoms with van der Waals surface area (Å²) in [6, 6.07) is 0. The average molecular weight is 741 g/mol. The van der Waals surface area contributed by atoms with Gasteiger partial charge in [-0.1, -0.05) is 86.3 Å². The van der Waals surface area contributed by atoms with E-state index in [1.165, 1.54) is 13.8 Å². The largest absolute Gasteiger partial charge is 0.459 e. The summed E-state index contributed by atoms with van der Waals surface area (Å²) in [6.07, 6.45) is -2.54. The van der Waals surface area contributed by atoms with Gasteiger partial charge < -0.3 is 48.8 Å². The SMILES string of the molecule is C=C1CC2/C=C/C(C)(C)C3(O)OC(CC(=C)C3OC(C)=O)CC(C(C)O)OC(=O)CC(O)CC3CC(OC)C(C)(C)C(O)(CC(C1)O2)O3.CC.CC. The lowest BCUT2D eigenvalue weighted by atomic mass is 9.70. The molecule has 52 heavy (non-hydrogen) atoms. The summed E-state index contributed by atoms with van der Waals surface area (Å²) in [5.41, 5.74) is -0.752. The van der Waals surface area contributed by atoms with Gasteiger partial charge in [0.25, 0.3) is 0 Å². The second-order valence-corrected chi connectivity index (χ2v) is 15.3. The van der Waals surface area contributed by atoms with Crippen LogP contribution in [0.5, 0.6) is 0 Å². The topological polar surface area (TPSA) is 170 Å². The second-order valence-electron chi connectivity index (χ2n) is 15.3. The number of rotatable bonds is 3. The summed E-state index contributed by atoms with van der Waals surface area (Å²) in [5, 5.41) is 46.0. The zero-order valence-corrected chi connectivity index (χ0v) is 33.5. The molecule has 4 rings (SSSR count). The van der Waals surface area contributed by atoms with E-state index < -0.39 is 89.3 Å². The first-order valence-corrected chi connectivity index (χ1v) is 18.9. The number of hydrogen-bond acceptors (Lipinski definition) is 12. The summed E-state index contributed by atoms with van der Waals surface area (Å²) in [7, 11) is 1.57. The third-order valence-corrected chi connectivity index (χ3v) is 10.6. The molecule has 300 valence electrons. The van der Waals surface area contributed by atoms with E-state index in [0.717, 1.165) is 5.57 Å². The summed E-state index contributed by atoms with van der Waals surface area (Å²) < 4.78 is 36.2. The molecule has 0 spiro atoms. The molecular weight excluding hydrogens is 672 g/mol. The molecule has 0 saturated carbocycles. The molecular formula is C40H68O12. The molecule has 3 fully saturated rings. The van der Waals surface area contributed by atoms with Crippen molar-refractivity contribution >= 4 is 11.9 Å². The van der Waals surface area contributed by atoms with Gasteiger partial charge in [-0.25, -0.2) is 0 Å². The van der Waals surface area contributed by atoms with E-state index in [1.54, 1.807) is 27.0 Å². The predicted molar refractivity (Wildman–Crippen MR) is 197 cm³/mol. The Morgan fingerprint density at radius 2 is 1.58 bits per heavy atom. The van der Waals surface area contributed by atoms with Crippen molar-refractivity contribution in [3.8, 4) is 0 Å². The van der Waals surface area contributed by atoms with Gasteiger partial charge in [0, 0.05) is 50.5 Å². The lowest BCUT2D eigenvalue weighted by molar-refractivity contribution is -0.350. The minimum absolute atomic E-state index is 0.00989. The van der Waals surface area contributed by atoms with Gasteiger partial charge in [0.15, 0.2) is 11.9 Å². The number of methoxy groups -OCH3 is 1. The maximum Gasteiger partial charge on any atom is 0.308 e.